The van der Waals surface area contributed by atoms with Gasteiger partial charge in [0.25, 0.3) is 0 Å². The SMILES string of the molecule is CN(CCCOc1ccccc1)C(=O)C1CSCN1.Cl. The van der Waals surface area contributed by atoms with Crippen molar-refractivity contribution in [2.45, 2.75) is 12.5 Å². The van der Waals surface area contributed by atoms with Crippen molar-refractivity contribution < 1.29 is 9.53 Å². The molecule has 1 unspecified atom stereocenters. The molecule has 20 heavy (non-hydrogen) atoms. The molecule has 0 radical (unpaired) electrons. The Morgan fingerprint density at radius 2 is 2.20 bits per heavy atom. The van der Waals surface area contributed by atoms with Gasteiger partial charge in [0.2, 0.25) is 5.91 Å². The second kappa shape index (κ2) is 9.10. The predicted octanol–water partition coefficient (Wildman–Crippen LogP) is 2.00. The highest BCUT2D eigenvalue weighted by molar-refractivity contribution is 7.99. The molecule has 1 aliphatic rings. The fraction of sp³-hybridized carbons (Fsp3) is 0.500. The number of benzene rings is 1. The molecular weight excluding hydrogens is 296 g/mol. The third-order valence-corrected chi connectivity index (χ3v) is 3.98. The zero-order valence-electron chi connectivity index (χ0n) is 11.6. The summed E-state index contributed by atoms with van der Waals surface area (Å²) >= 11 is 1.77. The first kappa shape index (κ1) is 17.1. The van der Waals surface area contributed by atoms with Gasteiger partial charge in [-0.3, -0.25) is 10.1 Å². The molecule has 0 bridgehead atoms. The number of carbonyl (C=O) groups is 1. The van der Waals surface area contributed by atoms with Crippen LogP contribution in [0.3, 0.4) is 0 Å². The second-order valence-corrected chi connectivity index (χ2v) is 5.58. The highest BCUT2D eigenvalue weighted by Gasteiger charge is 2.24. The van der Waals surface area contributed by atoms with Crippen molar-refractivity contribution in [1.82, 2.24) is 10.2 Å². The molecule has 0 spiro atoms. The number of hydrogen-bond donors (Lipinski definition) is 1. The highest BCUT2D eigenvalue weighted by Crippen LogP contribution is 2.12. The van der Waals surface area contributed by atoms with Crippen LogP contribution in [0.5, 0.6) is 5.75 Å². The fourth-order valence-electron chi connectivity index (χ4n) is 1.94. The average Bonchev–Trinajstić information content (AvgIpc) is 2.98. The number of ether oxygens (including phenoxy) is 1. The van der Waals surface area contributed by atoms with Crippen LogP contribution in [0.25, 0.3) is 0 Å². The molecule has 1 aromatic rings. The van der Waals surface area contributed by atoms with Crippen molar-refractivity contribution >= 4 is 30.1 Å². The third kappa shape index (κ3) is 5.23. The Bertz CT molecular complexity index is 399. The molecule has 0 saturated carbocycles. The molecule has 1 amide bonds. The molecule has 1 aromatic carbocycles. The largest absolute Gasteiger partial charge is 0.494 e. The number of likely N-dealkylation sites (N-methyl/N-ethyl adjacent to an activating group) is 1. The van der Waals surface area contributed by atoms with Crippen molar-refractivity contribution in [3.8, 4) is 5.75 Å². The van der Waals surface area contributed by atoms with Gasteiger partial charge in [0, 0.05) is 25.2 Å². The fourth-order valence-corrected chi connectivity index (χ4v) is 2.87. The maximum atomic E-state index is 12.0. The van der Waals surface area contributed by atoms with Gasteiger partial charge in [-0.1, -0.05) is 18.2 Å². The van der Waals surface area contributed by atoms with E-state index in [1.165, 1.54) is 0 Å². The number of amides is 1. The summed E-state index contributed by atoms with van der Waals surface area (Å²) in [7, 11) is 1.86. The molecule has 2 rings (SSSR count). The van der Waals surface area contributed by atoms with Crippen LogP contribution in [0, 0.1) is 0 Å². The van der Waals surface area contributed by atoms with Gasteiger partial charge in [-0.25, -0.2) is 0 Å². The average molecular weight is 317 g/mol. The molecule has 1 atom stereocenters. The van der Waals surface area contributed by atoms with Crippen molar-refractivity contribution in [2.75, 3.05) is 31.8 Å². The number of para-hydroxylation sites is 1. The van der Waals surface area contributed by atoms with Gasteiger partial charge >= 0.3 is 0 Å². The molecular formula is C14H21ClN2O2S. The summed E-state index contributed by atoms with van der Waals surface area (Å²) in [5, 5.41) is 3.19. The summed E-state index contributed by atoms with van der Waals surface area (Å²) < 4.78 is 5.60. The van der Waals surface area contributed by atoms with Crippen LogP contribution in [0.4, 0.5) is 0 Å². The van der Waals surface area contributed by atoms with Crippen molar-refractivity contribution in [3.63, 3.8) is 0 Å². The van der Waals surface area contributed by atoms with E-state index in [-0.39, 0.29) is 24.4 Å². The van der Waals surface area contributed by atoms with Crippen LogP contribution in [-0.2, 0) is 4.79 Å². The minimum Gasteiger partial charge on any atom is -0.494 e. The lowest BCUT2D eigenvalue weighted by atomic mass is 10.3. The zero-order chi connectivity index (χ0) is 13.5. The summed E-state index contributed by atoms with van der Waals surface area (Å²) in [5.74, 6) is 2.82. The summed E-state index contributed by atoms with van der Waals surface area (Å²) in [6.45, 7) is 1.36. The van der Waals surface area contributed by atoms with Gasteiger partial charge in [0.1, 0.15) is 5.75 Å². The normalized spacial score (nSPS) is 17.4. The molecule has 1 saturated heterocycles. The highest BCUT2D eigenvalue weighted by atomic mass is 35.5. The molecule has 4 nitrogen and oxygen atoms in total. The van der Waals surface area contributed by atoms with E-state index < -0.39 is 0 Å². The van der Waals surface area contributed by atoms with Crippen molar-refractivity contribution in [2.24, 2.45) is 0 Å². The lowest BCUT2D eigenvalue weighted by Crippen LogP contribution is -2.43. The Labute approximate surface area is 130 Å². The Morgan fingerprint density at radius 3 is 2.85 bits per heavy atom. The summed E-state index contributed by atoms with van der Waals surface area (Å²) in [4.78, 5) is 13.8. The molecule has 1 fully saturated rings. The predicted molar refractivity (Wildman–Crippen MR) is 85.7 cm³/mol. The van der Waals surface area contributed by atoms with Gasteiger partial charge in [-0.15, -0.1) is 24.2 Å². The van der Waals surface area contributed by atoms with Gasteiger partial charge in [-0.05, 0) is 18.6 Å². The first-order chi connectivity index (χ1) is 9.27. The Balaban J connectivity index is 0.00000200. The van der Waals surface area contributed by atoms with Crippen LogP contribution < -0.4 is 10.1 Å². The van der Waals surface area contributed by atoms with Gasteiger partial charge in [-0.2, -0.15) is 0 Å². The first-order valence-corrected chi connectivity index (χ1v) is 7.67. The monoisotopic (exact) mass is 316 g/mol. The maximum absolute atomic E-state index is 12.0. The number of nitrogens with one attached hydrogen (secondary N) is 1. The van der Waals surface area contributed by atoms with E-state index in [9.17, 15) is 4.79 Å². The van der Waals surface area contributed by atoms with E-state index in [1.54, 1.807) is 16.7 Å². The van der Waals surface area contributed by atoms with E-state index >= 15 is 0 Å². The van der Waals surface area contributed by atoms with E-state index in [0.717, 1.165) is 30.3 Å². The van der Waals surface area contributed by atoms with E-state index in [0.29, 0.717) is 6.61 Å². The zero-order valence-corrected chi connectivity index (χ0v) is 13.2. The lowest BCUT2D eigenvalue weighted by molar-refractivity contribution is -0.131. The smallest absolute Gasteiger partial charge is 0.240 e. The van der Waals surface area contributed by atoms with Crippen LogP contribution in [0.2, 0.25) is 0 Å². The number of carbonyl (C=O) groups excluding carboxylic acids is 1. The Hall–Kier alpha value is -0.910. The van der Waals surface area contributed by atoms with Crippen LogP contribution in [0.15, 0.2) is 30.3 Å². The third-order valence-electron chi connectivity index (χ3n) is 3.04. The molecule has 112 valence electrons. The van der Waals surface area contributed by atoms with Crippen LogP contribution in [-0.4, -0.2) is 48.7 Å². The molecule has 0 aliphatic carbocycles. The van der Waals surface area contributed by atoms with Crippen LogP contribution >= 0.6 is 24.2 Å². The van der Waals surface area contributed by atoms with Crippen LogP contribution in [0.1, 0.15) is 6.42 Å². The summed E-state index contributed by atoms with van der Waals surface area (Å²) in [5.41, 5.74) is 0. The van der Waals surface area contributed by atoms with Gasteiger partial charge in [0.15, 0.2) is 0 Å². The Morgan fingerprint density at radius 1 is 1.45 bits per heavy atom. The molecule has 0 aromatic heterocycles. The molecule has 6 heteroatoms. The minimum atomic E-state index is -0.00922. The lowest BCUT2D eigenvalue weighted by Gasteiger charge is -2.20. The summed E-state index contributed by atoms with van der Waals surface area (Å²) in [6.07, 6.45) is 0.844. The number of rotatable bonds is 6. The van der Waals surface area contributed by atoms with E-state index in [1.807, 2.05) is 37.4 Å². The quantitative estimate of drug-likeness (QED) is 0.815. The Kier molecular flexibility index (Phi) is 7.80. The molecule has 1 aliphatic heterocycles. The number of halogens is 1. The standard InChI is InChI=1S/C14H20N2O2S.ClH/c1-16(14(17)13-10-19-11-15-13)8-5-9-18-12-6-3-2-4-7-12;/h2-4,6-7,13,15H,5,8-11H2,1H3;1H. The number of nitrogens with zero attached hydrogens (tertiary/aromatic N) is 1. The van der Waals surface area contributed by atoms with Crippen molar-refractivity contribution in [3.05, 3.63) is 30.3 Å². The van der Waals surface area contributed by atoms with Crippen molar-refractivity contribution in [1.29, 1.82) is 0 Å². The summed E-state index contributed by atoms with van der Waals surface area (Å²) in [6, 6.07) is 9.74. The van der Waals surface area contributed by atoms with Gasteiger partial charge < -0.3 is 9.64 Å². The maximum Gasteiger partial charge on any atom is 0.240 e. The van der Waals surface area contributed by atoms with E-state index in [4.69, 9.17) is 4.74 Å². The topological polar surface area (TPSA) is 41.6 Å². The molecule has 1 N–H and O–H groups in total. The molecule has 1 heterocycles. The number of hydrogen-bond acceptors (Lipinski definition) is 4. The number of thioether (sulfide) groups is 1. The second-order valence-electron chi connectivity index (χ2n) is 4.55. The first-order valence-electron chi connectivity index (χ1n) is 6.51. The van der Waals surface area contributed by atoms with E-state index in [2.05, 4.69) is 5.32 Å². The minimum absolute atomic E-state index is 0. The van der Waals surface area contributed by atoms with Gasteiger partial charge in [0.05, 0.1) is 12.6 Å².